The molecule has 122 valence electrons. The second kappa shape index (κ2) is 6.54. The molecule has 3 aromatic carbocycles. The van der Waals surface area contributed by atoms with Crippen molar-refractivity contribution in [2.45, 2.75) is 0 Å². The number of benzene rings is 3. The van der Waals surface area contributed by atoms with E-state index in [9.17, 15) is 4.39 Å². The molecule has 4 heteroatoms. The van der Waals surface area contributed by atoms with Crippen molar-refractivity contribution in [1.29, 1.82) is 0 Å². The van der Waals surface area contributed by atoms with Crippen LogP contribution >= 0.6 is 11.6 Å². The van der Waals surface area contributed by atoms with Crippen molar-refractivity contribution in [1.82, 2.24) is 4.98 Å². The van der Waals surface area contributed by atoms with Crippen LogP contribution in [0.3, 0.4) is 0 Å². The van der Waals surface area contributed by atoms with Crippen LogP contribution in [0.4, 0.5) is 15.9 Å². The highest BCUT2D eigenvalue weighted by atomic mass is 35.5. The maximum Gasteiger partial charge on any atom is 0.139 e. The molecule has 2 nitrogen and oxygen atoms in total. The van der Waals surface area contributed by atoms with Gasteiger partial charge < -0.3 is 5.32 Å². The molecule has 1 aromatic heterocycles. The van der Waals surface area contributed by atoms with Crippen molar-refractivity contribution in [3.05, 3.63) is 89.7 Å². The van der Waals surface area contributed by atoms with Gasteiger partial charge in [0.25, 0.3) is 0 Å². The molecule has 4 rings (SSSR count). The Balaban J connectivity index is 1.87. The van der Waals surface area contributed by atoms with Gasteiger partial charge in [-0.25, -0.2) is 9.37 Å². The first-order valence-electron chi connectivity index (χ1n) is 7.87. The molecule has 0 unspecified atom stereocenters. The van der Waals surface area contributed by atoms with Crippen LogP contribution in [0.1, 0.15) is 0 Å². The molecule has 4 aromatic rings. The van der Waals surface area contributed by atoms with Crippen LogP contribution in [0.5, 0.6) is 0 Å². The summed E-state index contributed by atoms with van der Waals surface area (Å²) in [5, 5.41) is 5.59. The van der Waals surface area contributed by atoms with Crippen LogP contribution in [0, 0.1) is 5.82 Å². The number of hydrogen-bond donors (Lipinski definition) is 1. The average molecular weight is 349 g/mol. The first-order valence-corrected chi connectivity index (χ1v) is 8.25. The third-order valence-corrected chi connectivity index (χ3v) is 4.22. The lowest BCUT2D eigenvalue weighted by Gasteiger charge is -2.12. The van der Waals surface area contributed by atoms with Crippen LogP contribution in [-0.4, -0.2) is 4.98 Å². The number of nitrogens with zero attached hydrogens (tertiary/aromatic N) is 1. The number of rotatable bonds is 3. The van der Waals surface area contributed by atoms with Gasteiger partial charge in [0.1, 0.15) is 11.6 Å². The Kier molecular flexibility index (Phi) is 4.08. The van der Waals surface area contributed by atoms with Crippen LogP contribution in [0.2, 0.25) is 5.02 Å². The summed E-state index contributed by atoms with van der Waals surface area (Å²) in [5.74, 6) is 0.319. The molecule has 0 saturated heterocycles. The van der Waals surface area contributed by atoms with Gasteiger partial charge >= 0.3 is 0 Å². The molecular formula is C21H14ClFN2. The first-order chi connectivity index (χ1) is 12.2. The van der Waals surface area contributed by atoms with E-state index in [4.69, 9.17) is 16.6 Å². The maximum absolute atomic E-state index is 13.8. The zero-order valence-corrected chi connectivity index (χ0v) is 14.0. The predicted molar refractivity (Wildman–Crippen MR) is 102 cm³/mol. The van der Waals surface area contributed by atoms with E-state index in [-0.39, 0.29) is 5.82 Å². The van der Waals surface area contributed by atoms with E-state index in [2.05, 4.69) is 5.32 Å². The smallest absolute Gasteiger partial charge is 0.139 e. The van der Waals surface area contributed by atoms with Gasteiger partial charge in [0.05, 0.1) is 5.69 Å². The number of pyridine rings is 1. The second-order valence-electron chi connectivity index (χ2n) is 5.72. The fourth-order valence-corrected chi connectivity index (χ4v) is 2.87. The van der Waals surface area contributed by atoms with E-state index >= 15 is 0 Å². The quantitative estimate of drug-likeness (QED) is 0.461. The van der Waals surface area contributed by atoms with Crippen LogP contribution < -0.4 is 5.32 Å². The number of nitrogens with one attached hydrogen (secondary N) is 1. The molecule has 0 radical (unpaired) electrons. The monoisotopic (exact) mass is 348 g/mol. The fourth-order valence-electron chi connectivity index (χ4n) is 2.74. The van der Waals surface area contributed by atoms with Crippen molar-refractivity contribution >= 4 is 33.9 Å². The van der Waals surface area contributed by atoms with E-state index in [1.165, 1.54) is 12.1 Å². The molecule has 0 aliphatic carbocycles. The Morgan fingerprint density at radius 2 is 1.60 bits per heavy atom. The van der Waals surface area contributed by atoms with E-state index < -0.39 is 0 Å². The summed E-state index contributed by atoms with van der Waals surface area (Å²) < 4.78 is 13.8. The van der Waals surface area contributed by atoms with Gasteiger partial charge in [-0.15, -0.1) is 0 Å². The summed E-state index contributed by atoms with van der Waals surface area (Å²) in [6.07, 6.45) is 0. The molecule has 0 aliphatic rings. The number of fused-ring (bicyclic) bond motifs is 1. The van der Waals surface area contributed by atoms with Gasteiger partial charge in [-0.2, -0.15) is 0 Å². The summed E-state index contributed by atoms with van der Waals surface area (Å²) in [6.45, 7) is 0. The third-order valence-electron chi connectivity index (χ3n) is 3.97. The number of halogens is 2. The van der Waals surface area contributed by atoms with Crippen molar-refractivity contribution in [3.63, 3.8) is 0 Å². The Hall–Kier alpha value is -2.91. The molecule has 0 amide bonds. The van der Waals surface area contributed by atoms with E-state index in [0.717, 1.165) is 27.7 Å². The number of hydrogen-bond acceptors (Lipinski definition) is 2. The number of aromatic nitrogens is 1. The zero-order chi connectivity index (χ0) is 17.2. The molecular weight excluding hydrogens is 335 g/mol. The summed E-state index contributed by atoms with van der Waals surface area (Å²) in [7, 11) is 0. The highest BCUT2D eigenvalue weighted by Gasteiger charge is 2.09. The molecule has 25 heavy (non-hydrogen) atoms. The summed E-state index contributed by atoms with van der Waals surface area (Å²) in [6, 6.07) is 23.9. The topological polar surface area (TPSA) is 24.9 Å². The van der Waals surface area contributed by atoms with Crippen molar-refractivity contribution in [2.75, 3.05) is 5.32 Å². The van der Waals surface area contributed by atoms with Crippen molar-refractivity contribution in [2.24, 2.45) is 0 Å². The molecule has 0 fully saturated rings. The van der Waals surface area contributed by atoms with Crippen LogP contribution in [0.15, 0.2) is 78.9 Å². The van der Waals surface area contributed by atoms with Gasteiger partial charge in [-0.1, -0.05) is 48.0 Å². The Morgan fingerprint density at radius 3 is 2.36 bits per heavy atom. The van der Waals surface area contributed by atoms with Gasteiger partial charge in [0, 0.05) is 21.7 Å². The second-order valence-corrected chi connectivity index (χ2v) is 6.16. The fraction of sp³-hybridized carbons (Fsp3) is 0. The standard InChI is InChI=1S/C21H14ClFN2/c22-16-7-10-18(11-8-16)24-21-19-13-17(23)9-6-15(19)12-20(25-21)14-4-2-1-3-5-14/h1-13H,(H,24,25). The van der Waals surface area contributed by atoms with Crippen molar-refractivity contribution in [3.8, 4) is 11.3 Å². The van der Waals surface area contributed by atoms with E-state index in [0.29, 0.717) is 10.8 Å². The van der Waals surface area contributed by atoms with Gasteiger partial charge in [-0.05, 0) is 47.9 Å². The molecule has 0 spiro atoms. The average Bonchev–Trinajstić information content (AvgIpc) is 2.64. The minimum absolute atomic E-state index is 0.291. The maximum atomic E-state index is 13.8. The SMILES string of the molecule is Fc1ccc2cc(-c3ccccc3)nc(Nc3ccc(Cl)cc3)c2c1. The molecule has 0 atom stereocenters. The lowest BCUT2D eigenvalue weighted by molar-refractivity contribution is 0.629. The summed E-state index contributed by atoms with van der Waals surface area (Å²) in [4.78, 5) is 4.72. The molecule has 0 aliphatic heterocycles. The molecule has 1 N–H and O–H groups in total. The minimum atomic E-state index is -0.291. The normalized spacial score (nSPS) is 10.8. The van der Waals surface area contributed by atoms with Crippen LogP contribution in [0.25, 0.3) is 22.0 Å². The van der Waals surface area contributed by atoms with Crippen molar-refractivity contribution < 1.29 is 4.39 Å². The molecule has 1 heterocycles. The summed E-state index contributed by atoms with van der Waals surface area (Å²) >= 11 is 5.94. The zero-order valence-electron chi connectivity index (χ0n) is 13.2. The highest BCUT2D eigenvalue weighted by Crippen LogP contribution is 2.30. The van der Waals surface area contributed by atoms with E-state index in [1.54, 1.807) is 18.2 Å². The van der Waals surface area contributed by atoms with E-state index in [1.807, 2.05) is 48.5 Å². The molecule has 0 saturated carbocycles. The Labute approximate surface area is 149 Å². The largest absolute Gasteiger partial charge is 0.340 e. The van der Waals surface area contributed by atoms with Gasteiger partial charge in [0.15, 0.2) is 0 Å². The van der Waals surface area contributed by atoms with Gasteiger partial charge in [0.2, 0.25) is 0 Å². The lowest BCUT2D eigenvalue weighted by atomic mass is 10.1. The number of anilines is 2. The van der Waals surface area contributed by atoms with Crippen LogP contribution in [-0.2, 0) is 0 Å². The first kappa shape index (κ1) is 15.6. The lowest BCUT2D eigenvalue weighted by Crippen LogP contribution is -1.97. The Morgan fingerprint density at radius 1 is 0.840 bits per heavy atom. The minimum Gasteiger partial charge on any atom is -0.340 e. The predicted octanol–water partition coefficient (Wildman–Crippen LogP) is 6.44. The molecule has 0 bridgehead atoms. The summed E-state index contributed by atoms with van der Waals surface area (Å²) in [5.41, 5.74) is 2.68. The highest BCUT2D eigenvalue weighted by molar-refractivity contribution is 6.30. The van der Waals surface area contributed by atoms with Gasteiger partial charge in [-0.3, -0.25) is 0 Å². The third kappa shape index (κ3) is 3.32. The Bertz CT molecular complexity index is 1030.